The number of quaternary nitrogens is 1. The molecule has 0 atom stereocenters. The van der Waals surface area contributed by atoms with Gasteiger partial charge in [-0.1, -0.05) is 11.6 Å². The van der Waals surface area contributed by atoms with Crippen molar-refractivity contribution >= 4 is 23.0 Å². The van der Waals surface area contributed by atoms with Crippen molar-refractivity contribution in [2.45, 2.75) is 0 Å². The molecule has 1 aromatic carbocycles. The third-order valence-electron chi connectivity index (χ3n) is 2.36. The molecule has 0 bridgehead atoms. The summed E-state index contributed by atoms with van der Waals surface area (Å²) in [6.45, 7) is 0. The van der Waals surface area contributed by atoms with E-state index in [4.69, 9.17) is 11.6 Å². The summed E-state index contributed by atoms with van der Waals surface area (Å²) in [7, 11) is 8.27. The van der Waals surface area contributed by atoms with Gasteiger partial charge in [-0.3, -0.25) is 4.48 Å². The summed E-state index contributed by atoms with van der Waals surface area (Å²) in [5.41, 5.74) is 2.44. The number of hydrogen-bond acceptors (Lipinski definition) is 1. The zero-order valence-corrected chi connectivity index (χ0v) is 11.2. The first-order chi connectivity index (χ1) is 6.47. The van der Waals surface area contributed by atoms with E-state index in [2.05, 4.69) is 43.3 Å². The molecule has 2 nitrogen and oxygen atoms in total. The zero-order valence-electron chi connectivity index (χ0n) is 9.67. The van der Waals surface area contributed by atoms with Gasteiger partial charge in [-0.15, -0.1) is 0 Å². The lowest BCUT2D eigenvalue weighted by Crippen LogP contribution is -3.00. The third-order valence-corrected chi connectivity index (χ3v) is 2.96. The van der Waals surface area contributed by atoms with Crippen molar-refractivity contribution in [1.29, 1.82) is 0 Å². The average Bonchev–Trinajstić information content (AvgIpc) is 2.18. The normalized spacial score (nSPS) is 10.7. The van der Waals surface area contributed by atoms with Crippen LogP contribution in [-0.2, 0) is 0 Å². The number of halogens is 2. The number of anilines is 1. The summed E-state index contributed by atoms with van der Waals surface area (Å²) < 4.78 is 0.704. The number of hydrogen-bond donors (Lipinski definition) is 0. The highest BCUT2D eigenvalue weighted by molar-refractivity contribution is 6.18. The Kier molecular flexibility index (Phi) is 5.43. The van der Waals surface area contributed by atoms with Crippen LogP contribution in [0.1, 0.15) is 0 Å². The molecule has 4 heteroatoms. The van der Waals surface area contributed by atoms with Crippen LogP contribution in [-0.4, -0.2) is 34.2 Å². The minimum atomic E-state index is 0. The first-order valence-corrected chi connectivity index (χ1v) is 5.18. The predicted molar refractivity (Wildman–Crippen MR) is 65.1 cm³/mol. The van der Waals surface area contributed by atoms with Crippen molar-refractivity contribution in [3.63, 3.8) is 0 Å². The van der Waals surface area contributed by atoms with E-state index in [0.29, 0.717) is 10.5 Å². The van der Waals surface area contributed by atoms with E-state index in [1.807, 2.05) is 14.1 Å². The zero-order chi connectivity index (χ0) is 10.8. The van der Waals surface area contributed by atoms with Gasteiger partial charge in [-0.2, -0.15) is 0 Å². The van der Waals surface area contributed by atoms with Crippen LogP contribution in [0.5, 0.6) is 0 Å². The van der Waals surface area contributed by atoms with E-state index in [1.54, 1.807) is 0 Å². The molecule has 0 spiro atoms. The lowest BCUT2D eigenvalue weighted by molar-refractivity contribution is -0.00000310. The Morgan fingerprint density at radius 2 is 1.60 bits per heavy atom. The fourth-order valence-corrected chi connectivity index (χ4v) is 1.36. The van der Waals surface area contributed by atoms with Crippen molar-refractivity contribution in [3.05, 3.63) is 24.3 Å². The van der Waals surface area contributed by atoms with Gasteiger partial charge in [0.2, 0.25) is 0 Å². The SMILES string of the molecule is CN(C)c1ccc([N+](C)(C)CCl)cc1.[Cl-]. The van der Waals surface area contributed by atoms with E-state index in [-0.39, 0.29) is 12.4 Å². The second-order valence-electron chi connectivity index (χ2n) is 4.22. The summed E-state index contributed by atoms with van der Waals surface area (Å²) in [5.74, 6) is 0. The Balaban J connectivity index is 0.00000196. The molecular formula is C11H18Cl2N2. The van der Waals surface area contributed by atoms with Crippen molar-refractivity contribution in [1.82, 2.24) is 4.48 Å². The molecule has 1 aromatic rings. The van der Waals surface area contributed by atoms with Crippen LogP contribution >= 0.6 is 11.6 Å². The van der Waals surface area contributed by atoms with E-state index in [0.717, 1.165) is 0 Å². The fourth-order valence-electron chi connectivity index (χ4n) is 1.22. The van der Waals surface area contributed by atoms with Crippen molar-refractivity contribution < 1.29 is 12.4 Å². The van der Waals surface area contributed by atoms with Gasteiger partial charge in [0.05, 0.1) is 14.1 Å². The summed E-state index contributed by atoms with van der Waals surface area (Å²) in [6, 6.07) is 9.06. The lowest BCUT2D eigenvalue weighted by Gasteiger charge is -2.26. The predicted octanol–water partition coefficient (Wildman–Crippen LogP) is -0.480. The van der Waals surface area contributed by atoms with Crippen LogP contribution in [0.4, 0.5) is 11.4 Å². The number of benzene rings is 1. The van der Waals surface area contributed by atoms with Crippen LogP contribution in [0.2, 0.25) is 0 Å². The maximum atomic E-state index is 5.89. The van der Waals surface area contributed by atoms with Gasteiger partial charge < -0.3 is 17.3 Å². The Morgan fingerprint density at radius 1 is 1.13 bits per heavy atom. The third kappa shape index (κ3) is 3.56. The second kappa shape index (κ2) is 5.59. The summed E-state index contributed by atoms with van der Waals surface area (Å²) in [4.78, 5) is 2.09. The van der Waals surface area contributed by atoms with Gasteiger partial charge in [0, 0.05) is 31.9 Å². The van der Waals surface area contributed by atoms with E-state index in [9.17, 15) is 0 Å². The topological polar surface area (TPSA) is 3.24 Å². The van der Waals surface area contributed by atoms with Crippen LogP contribution in [0.3, 0.4) is 0 Å². The van der Waals surface area contributed by atoms with Gasteiger partial charge in [0.1, 0.15) is 5.69 Å². The maximum absolute atomic E-state index is 5.89. The molecule has 0 saturated carbocycles. The Hall–Kier alpha value is -0.440. The summed E-state index contributed by atoms with van der Waals surface area (Å²) in [5, 5.41) is 0. The molecule has 0 amide bonds. The highest BCUT2D eigenvalue weighted by Gasteiger charge is 2.16. The van der Waals surface area contributed by atoms with E-state index < -0.39 is 0 Å². The van der Waals surface area contributed by atoms with Crippen molar-refractivity contribution in [2.24, 2.45) is 0 Å². The van der Waals surface area contributed by atoms with Crippen LogP contribution in [0.25, 0.3) is 0 Å². The molecule has 86 valence electrons. The Bertz CT molecular complexity index is 294. The molecule has 0 saturated heterocycles. The molecule has 0 fully saturated rings. The van der Waals surface area contributed by atoms with Crippen molar-refractivity contribution in [2.75, 3.05) is 39.1 Å². The quantitative estimate of drug-likeness (QED) is 0.397. The molecule has 0 aliphatic heterocycles. The van der Waals surface area contributed by atoms with Gasteiger partial charge >= 0.3 is 0 Å². The molecular weight excluding hydrogens is 231 g/mol. The number of alkyl halides is 1. The molecule has 0 aliphatic carbocycles. The number of rotatable bonds is 3. The van der Waals surface area contributed by atoms with Crippen LogP contribution in [0, 0.1) is 0 Å². The fraction of sp³-hybridized carbons (Fsp3) is 0.455. The van der Waals surface area contributed by atoms with E-state index >= 15 is 0 Å². The minimum absolute atomic E-state index is 0. The molecule has 0 heterocycles. The summed E-state index contributed by atoms with van der Waals surface area (Å²) in [6.07, 6.45) is 0. The largest absolute Gasteiger partial charge is 1.00 e. The Labute approximate surface area is 103 Å². The monoisotopic (exact) mass is 248 g/mol. The number of nitrogens with zero attached hydrogens (tertiary/aromatic N) is 2. The molecule has 0 aromatic heterocycles. The van der Waals surface area contributed by atoms with Gasteiger partial charge in [0.25, 0.3) is 0 Å². The van der Waals surface area contributed by atoms with Crippen LogP contribution < -0.4 is 21.8 Å². The highest BCUT2D eigenvalue weighted by Crippen LogP contribution is 2.22. The first kappa shape index (κ1) is 14.6. The Morgan fingerprint density at radius 3 is 1.93 bits per heavy atom. The van der Waals surface area contributed by atoms with Gasteiger partial charge in [-0.05, 0) is 12.1 Å². The van der Waals surface area contributed by atoms with E-state index in [1.165, 1.54) is 11.4 Å². The molecule has 0 radical (unpaired) electrons. The highest BCUT2D eigenvalue weighted by atomic mass is 35.5. The maximum Gasteiger partial charge on any atom is 0.159 e. The second-order valence-corrected chi connectivity index (χ2v) is 4.45. The molecule has 15 heavy (non-hydrogen) atoms. The standard InChI is InChI=1S/C11H18ClN2.ClH/c1-13(2)10-5-7-11(8-6-10)14(3,4)9-12;/h5-8H,9H2,1-4H3;1H/q+1;/p-1. The first-order valence-electron chi connectivity index (χ1n) is 4.64. The molecule has 0 unspecified atom stereocenters. The smallest absolute Gasteiger partial charge is 0.159 e. The lowest BCUT2D eigenvalue weighted by atomic mass is 10.2. The minimum Gasteiger partial charge on any atom is -1.00 e. The van der Waals surface area contributed by atoms with Gasteiger partial charge in [-0.25, -0.2) is 0 Å². The average molecular weight is 249 g/mol. The molecule has 1 rings (SSSR count). The van der Waals surface area contributed by atoms with Gasteiger partial charge in [0.15, 0.2) is 6.00 Å². The summed E-state index contributed by atoms with van der Waals surface area (Å²) >= 11 is 5.89. The van der Waals surface area contributed by atoms with Crippen LogP contribution in [0.15, 0.2) is 24.3 Å². The molecule has 0 aliphatic rings. The molecule has 0 N–H and O–H groups in total. The van der Waals surface area contributed by atoms with Crippen molar-refractivity contribution in [3.8, 4) is 0 Å².